The first-order valence-corrected chi connectivity index (χ1v) is 9.32. The van der Waals surface area contributed by atoms with Gasteiger partial charge in [0.2, 0.25) is 0 Å². The maximum Gasteiger partial charge on any atom is 0.295 e. The second-order valence-electron chi connectivity index (χ2n) is 6.10. The van der Waals surface area contributed by atoms with Gasteiger partial charge < -0.3 is 14.7 Å². The maximum absolute atomic E-state index is 12.7. The molecule has 27 heavy (non-hydrogen) atoms. The predicted octanol–water partition coefficient (Wildman–Crippen LogP) is 3.68. The second kappa shape index (κ2) is 7.92. The normalized spacial score (nSPS) is 18.8. The first-order valence-electron chi connectivity index (χ1n) is 8.52. The van der Waals surface area contributed by atoms with Crippen molar-refractivity contribution in [1.82, 2.24) is 9.88 Å². The lowest BCUT2D eigenvalue weighted by atomic mass is 9.98. The van der Waals surface area contributed by atoms with Crippen molar-refractivity contribution in [2.45, 2.75) is 19.4 Å². The van der Waals surface area contributed by atoms with E-state index in [9.17, 15) is 14.7 Å². The van der Waals surface area contributed by atoms with Crippen LogP contribution in [-0.4, -0.2) is 40.3 Å². The number of likely N-dealkylation sites (tertiary alicyclic amines) is 1. The molecule has 0 bridgehead atoms. The molecule has 1 N–H and O–H groups in total. The van der Waals surface area contributed by atoms with Gasteiger partial charge in [0.25, 0.3) is 11.7 Å². The van der Waals surface area contributed by atoms with Gasteiger partial charge in [-0.3, -0.25) is 14.6 Å². The number of aliphatic hydroxyl groups excluding tert-OH is 1. The number of methoxy groups -OCH3 is 1. The maximum atomic E-state index is 12.7. The molecule has 1 aromatic heterocycles. The van der Waals surface area contributed by atoms with Crippen molar-refractivity contribution >= 4 is 33.4 Å². The molecule has 0 spiro atoms. The van der Waals surface area contributed by atoms with E-state index in [4.69, 9.17) is 4.74 Å². The summed E-state index contributed by atoms with van der Waals surface area (Å²) in [4.78, 5) is 31.1. The van der Waals surface area contributed by atoms with E-state index >= 15 is 0 Å². The van der Waals surface area contributed by atoms with Crippen LogP contribution in [0, 0.1) is 0 Å². The van der Waals surface area contributed by atoms with E-state index in [0.717, 1.165) is 0 Å². The summed E-state index contributed by atoms with van der Waals surface area (Å²) in [5.41, 5.74) is 1.00. The third-order valence-electron chi connectivity index (χ3n) is 4.40. The minimum Gasteiger partial charge on any atom is -0.507 e. The number of rotatable bonds is 5. The SMILES string of the molecule is CCCN1C(=O)C(=O)/C(=C(\O)c2ccc(OC)c(Br)c2)C1c1ccccn1. The number of ketones is 1. The summed E-state index contributed by atoms with van der Waals surface area (Å²) in [5.74, 6) is -0.963. The number of ether oxygens (including phenoxy) is 1. The van der Waals surface area contributed by atoms with Gasteiger partial charge in [0.15, 0.2) is 0 Å². The molecular weight excluding hydrogens is 412 g/mol. The Bertz CT molecular complexity index is 911. The van der Waals surface area contributed by atoms with E-state index < -0.39 is 17.7 Å². The van der Waals surface area contributed by atoms with Crippen molar-refractivity contribution in [3.05, 3.63) is 63.9 Å². The summed E-state index contributed by atoms with van der Waals surface area (Å²) >= 11 is 3.37. The van der Waals surface area contributed by atoms with Crippen LogP contribution in [0.25, 0.3) is 5.76 Å². The fraction of sp³-hybridized carbons (Fsp3) is 0.250. The van der Waals surface area contributed by atoms with Gasteiger partial charge in [-0.05, 0) is 52.7 Å². The molecule has 1 saturated heterocycles. The average molecular weight is 431 g/mol. The van der Waals surface area contributed by atoms with E-state index in [2.05, 4.69) is 20.9 Å². The molecule has 1 aliphatic rings. The number of nitrogens with zero attached hydrogens (tertiary/aromatic N) is 2. The van der Waals surface area contributed by atoms with Crippen LogP contribution in [0.2, 0.25) is 0 Å². The average Bonchev–Trinajstić information content (AvgIpc) is 2.93. The van der Waals surface area contributed by atoms with Gasteiger partial charge in [-0.1, -0.05) is 13.0 Å². The molecule has 1 amide bonds. The number of pyridine rings is 1. The molecule has 7 heteroatoms. The summed E-state index contributed by atoms with van der Waals surface area (Å²) in [7, 11) is 1.54. The lowest BCUT2D eigenvalue weighted by Crippen LogP contribution is -2.30. The standard InChI is InChI=1S/C20H19BrN2O4/c1-3-10-23-17(14-6-4-5-9-22-14)16(19(25)20(23)26)18(24)12-7-8-15(27-2)13(21)11-12/h4-9,11,17,24H,3,10H2,1-2H3/b18-16-. The number of halogens is 1. The van der Waals surface area contributed by atoms with Crippen molar-refractivity contribution in [2.24, 2.45) is 0 Å². The fourth-order valence-electron chi connectivity index (χ4n) is 3.17. The number of amides is 1. The Morgan fingerprint density at radius 2 is 2.07 bits per heavy atom. The Kier molecular flexibility index (Phi) is 5.60. The van der Waals surface area contributed by atoms with Crippen LogP contribution in [0.15, 0.2) is 52.6 Å². The molecule has 0 saturated carbocycles. The third kappa shape index (κ3) is 3.47. The summed E-state index contributed by atoms with van der Waals surface area (Å²) < 4.78 is 5.83. The second-order valence-corrected chi connectivity index (χ2v) is 6.95. The van der Waals surface area contributed by atoms with Gasteiger partial charge in [0.1, 0.15) is 17.6 Å². The first kappa shape index (κ1) is 19.1. The molecule has 1 fully saturated rings. The Morgan fingerprint density at radius 1 is 1.30 bits per heavy atom. The number of benzene rings is 1. The van der Waals surface area contributed by atoms with Crippen LogP contribution in [0.4, 0.5) is 0 Å². The van der Waals surface area contributed by atoms with Crippen LogP contribution >= 0.6 is 15.9 Å². The van der Waals surface area contributed by atoms with Gasteiger partial charge in [0, 0.05) is 18.3 Å². The molecule has 2 aromatic rings. The number of carbonyl (C=O) groups is 2. The molecule has 0 aliphatic carbocycles. The highest BCUT2D eigenvalue weighted by Crippen LogP contribution is 2.39. The van der Waals surface area contributed by atoms with Crippen molar-refractivity contribution in [1.29, 1.82) is 0 Å². The van der Waals surface area contributed by atoms with E-state index in [0.29, 0.717) is 34.4 Å². The number of hydrogen-bond donors (Lipinski definition) is 1. The molecule has 1 aliphatic heterocycles. The lowest BCUT2D eigenvalue weighted by Gasteiger charge is -2.23. The summed E-state index contributed by atoms with van der Waals surface area (Å²) in [6, 6.07) is 9.55. The van der Waals surface area contributed by atoms with E-state index in [-0.39, 0.29) is 11.3 Å². The Labute approximate surface area is 165 Å². The Hall–Kier alpha value is -2.67. The number of aromatic nitrogens is 1. The molecule has 140 valence electrons. The van der Waals surface area contributed by atoms with Crippen LogP contribution in [0.1, 0.15) is 30.6 Å². The van der Waals surface area contributed by atoms with E-state index in [1.54, 1.807) is 42.6 Å². The third-order valence-corrected chi connectivity index (χ3v) is 5.02. The largest absolute Gasteiger partial charge is 0.507 e. The van der Waals surface area contributed by atoms with E-state index in [1.165, 1.54) is 12.0 Å². The van der Waals surface area contributed by atoms with Crippen molar-refractivity contribution in [2.75, 3.05) is 13.7 Å². The van der Waals surface area contributed by atoms with Gasteiger partial charge >= 0.3 is 0 Å². The van der Waals surface area contributed by atoms with Crippen molar-refractivity contribution in [3.8, 4) is 5.75 Å². The van der Waals surface area contributed by atoms with Crippen LogP contribution in [0.5, 0.6) is 5.75 Å². The summed E-state index contributed by atoms with van der Waals surface area (Å²) in [6.07, 6.45) is 2.29. The van der Waals surface area contributed by atoms with Gasteiger partial charge in [-0.25, -0.2) is 0 Å². The fourth-order valence-corrected chi connectivity index (χ4v) is 3.71. The molecule has 2 heterocycles. The van der Waals surface area contributed by atoms with Crippen LogP contribution in [-0.2, 0) is 9.59 Å². The van der Waals surface area contributed by atoms with Crippen LogP contribution < -0.4 is 4.74 Å². The minimum atomic E-state index is -0.716. The van der Waals surface area contributed by atoms with E-state index in [1.807, 2.05) is 6.92 Å². The quantitative estimate of drug-likeness (QED) is 0.444. The summed E-state index contributed by atoms with van der Waals surface area (Å²) in [6.45, 7) is 2.32. The van der Waals surface area contributed by atoms with Crippen molar-refractivity contribution in [3.63, 3.8) is 0 Å². The number of aliphatic hydroxyl groups is 1. The van der Waals surface area contributed by atoms with Gasteiger partial charge in [-0.2, -0.15) is 0 Å². The highest BCUT2D eigenvalue weighted by atomic mass is 79.9. The Balaban J connectivity index is 2.17. The molecular formula is C20H19BrN2O4. The molecule has 6 nitrogen and oxygen atoms in total. The monoisotopic (exact) mass is 430 g/mol. The zero-order valence-corrected chi connectivity index (χ0v) is 16.6. The predicted molar refractivity (Wildman–Crippen MR) is 104 cm³/mol. The number of hydrogen-bond acceptors (Lipinski definition) is 5. The van der Waals surface area contributed by atoms with Gasteiger partial charge in [0.05, 0.1) is 22.8 Å². The lowest BCUT2D eigenvalue weighted by molar-refractivity contribution is -0.139. The number of carbonyl (C=O) groups excluding carboxylic acids is 2. The smallest absolute Gasteiger partial charge is 0.295 e. The highest BCUT2D eigenvalue weighted by Gasteiger charge is 2.46. The zero-order chi connectivity index (χ0) is 19.6. The molecule has 0 radical (unpaired) electrons. The van der Waals surface area contributed by atoms with Crippen LogP contribution in [0.3, 0.4) is 0 Å². The highest BCUT2D eigenvalue weighted by molar-refractivity contribution is 9.10. The van der Waals surface area contributed by atoms with Gasteiger partial charge in [-0.15, -0.1) is 0 Å². The first-order chi connectivity index (χ1) is 13.0. The molecule has 1 aromatic carbocycles. The topological polar surface area (TPSA) is 79.7 Å². The zero-order valence-electron chi connectivity index (χ0n) is 15.0. The van der Waals surface area contributed by atoms with Crippen molar-refractivity contribution < 1.29 is 19.4 Å². The molecule has 1 atom stereocenters. The summed E-state index contributed by atoms with van der Waals surface area (Å²) in [5, 5.41) is 10.9. The minimum absolute atomic E-state index is 0.0456. The molecule has 1 unspecified atom stereocenters. The Morgan fingerprint density at radius 3 is 2.67 bits per heavy atom. The molecule has 3 rings (SSSR count). The number of Topliss-reactive ketones (excluding diaryl/α,β-unsaturated/α-hetero) is 1.